The molecule has 1 unspecified atom stereocenters. The summed E-state index contributed by atoms with van der Waals surface area (Å²) in [5, 5.41) is 11.1. The molecule has 0 bridgehead atoms. The van der Waals surface area contributed by atoms with Crippen LogP contribution in [0.25, 0.3) is 0 Å². The lowest BCUT2D eigenvalue weighted by Gasteiger charge is -2.29. The first-order valence-electron chi connectivity index (χ1n) is 4.20. The van der Waals surface area contributed by atoms with Gasteiger partial charge >= 0.3 is 12.1 Å². The van der Waals surface area contributed by atoms with Crippen molar-refractivity contribution in [3.05, 3.63) is 12.3 Å². The molecule has 0 saturated heterocycles. The van der Waals surface area contributed by atoms with Crippen molar-refractivity contribution < 1.29 is 27.8 Å². The molecule has 1 amide bonds. The SMILES string of the molecule is C[C@@H]1OC=CC(NC(=O)C(F)(F)F)[C@H]1O. The Hall–Kier alpha value is -1.24. The van der Waals surface area contributed by atoms with E-state index in [2.05, 4.69) is 0 Å². The number of ether oxygens (including phenoxy) is 1. The van der Waals surface area contributed by atoms with Crippen LogP contribution in [-0.4, -0.2) is 35.4 Å². The van der Waals surface area contributed by atoms with Crippen LogP contribution in [0, 0.1) is 0 Å². The third-order valence-electron chi connectivity index (χ3n) is 1.98. The molecule has 0 radical (unpaired) electrons. The molecule has 0 aromatic rings. The molecular weight excluding hydrogens is 215 g/mol. The maximum absolute atomic E-state index is 11.9. The maximum Gasteiger partial charge on any atom is 0.471 e. The molecule has 1 aliphatic heterocycles. The number of hydrogen-bond donors (Lipinski definition) is 2. The quantitative estimate of drug-likeness (QED) is 0.676. The van der Waals surface area contributed by atoms with Gasteiger partial charge in [0.15, 0.2) is 0 Å². The highest BCUT2D eigenvalue weighted by molar-refractivity contribution is 5.82. The zero-order chi connectivity index (χ0) is 11.6. The second-order valence-electron chi connectivity index (χ2n) is 3.16. The first-order chi connectivity index (χ1) is 6.82. The third-order valence-corrected chi connectivity index (χ3v) is 1.98. The van der Waals surface area contributed by atoms with Gasteiger partial charge in [-0.3, -0.25) is 4.79 Å². The Morgan fingerprint density at radius 3 is 2.67 bits per heavy atom. The van der Waals surface area contributed by atoms with Crippen molar-refractivity contribution in [2.24, 2.45) is 0 Å². The lowest BCUT2D eigenvalue weighted by Crippen LogP contribution is -2.52. The monoisotopic (exact) mass is 225 g/mol. The Labute approximate surface area is 83.7 Å². The average molecular weight is 225 g/mol. The maximum atomic E-state index is 11.9. The molecule has 7 heteroatoms. The topological polar surface area (TPSA) is 58.6 Å². The summed E-state index contributed by atoms with van der Waals surface area (Å²) < 4.78 is 40.5. The summed E-state index contributed by atoms with van der Waals surface area (Å²) >= 11 is 0. The van der Waals surface area contributed by atoms with Gasteiger partial charge in [0.25, 0.3) is 0 Å². The van der Waals surface area contributed by atoms with Gasteiger partial charge in [-0.15, -0.1) is 0 Å². The standard InChI is InChI=1S/C8H10F3NO3/c1-4-6(13)5(2-3-15-4)12-7(14)8(9,10)11/h2-6,13H,1H3,(H,12,14)/t4-,5?,6-/m0/s1. The Morgan fingerprint density at radius 2 is 2.13 bits per heavy atom. The molecule has 15 heavy (non-hydrogen) atoms. The summed E-state index contributed by atoms with van der Waals surface area (Å²) in [5.41, 5.74) is 0. The molecule has 3 atom stereocenters. The highest BCUT2D eigenvalue weighted by Crippen LogP contribution is 2.17. The second-order valence-corrected chi connectivity index (χ2v) is 3.16. The summed E-state index contributed by atoms with van der Waals surface area (Å²) in [6.45, 7) is 1.49. The second kappa shape index (κ2) is 4.09. The normalized spacial score (nSPS) is 30.9. The fraction of sp³-hybridized carbons (Fsp3) is 0.625. The first kappa shape index (κ1) is 11.8. The Kier molecular flexibility index (Phi) is 3.23. The molecule has 0 fully saturated rings. The number of amides is 1. The molecule has 1 rings (SSSR count). The molecule has 2 N–H and O–H groups in total. The molecule has 1 aliphatic rings. The number of rotatable bonds is 1. The summed E-state index contributed by atoms with van der Waals surface area (Å²) in [4.78, 5) is 10.6. The number of carbonyl (C=O) groups is 1. The predicted octanol–water partition coefficient (Wildman–Crippen LogP) is 0.327. The Bertz CT molecular complexity index is 277. The molecule has 0 saturated carbocycles. The van der Waals surface area contributed by atoms with Crippen molar-refractivity contribution >= 4 is 5.91 Å². The van der Waals surface area contributed by atoms with Crippen molar-refractivity contribution in [3.63, 3.8) is 0 Å². The smallest absolute Gasteiger partial charge is 0.471 e. The summed E-state index contributed by atoms with van der Waals surface area (Å²) in [7, 11) is 0. The third kappa shape index (κ3) is 2.85. The van der Waals surface area contributed by atoms with Crippen LogP contribution in [0.15, 0.2) is 12.3 Å². The minimum Gasteiger partial charge on any atom is -0.496 e. The van der Waals surface area contributed by atoms with E-state index in [-0.39, 0.29) is 0 Å². The zero-order valence-electron chi connectivity index (χ0n) is 7.78. The van der Waals surface area contributed by atoms with Crippen molar-refractivity contribution in [1.29, 1.82) is 0 Å². The minimum atomic E-state index is -4.95. The number of alkyl halides is 3. The van der Waals surface area contributed by atoms with Crippen LogP contribution in [0.4, 0.5) is 13.2 Å². The van der Waals surface area contributed by atoms with Crippen molar-refractivity contribution in [2.45, 2.75) is 31.3 Å². The minimum absolute atomic E-state index is 0.659. The van der Waals surface area contributed by atoms with Gasteiger partial charge in [0.05, 0.1) is 12.3 Å². The van der Waals surface area contributed by atoms with Gasteiger partial charge in [-0.25, -0.2) is 0 Å². The van der Waals surface area contributed by atoms with E-state index in [1.807, 2.05) is 0 Å². The number of aliphatic hydroxyl groups excluding tert-OH is 1. The molecule has 0 aromatic carbocycles. The molecule has 0 aliphatic carbocycles. The fourth-order valence-electron chi connectivity index (χ4n) is 1.11. The van der Waals surface area contributed by atoms with E-state index in [0.29, 0.717) is 0 Å². The summed E-state index contributed by atoms with van der Waals surface area (Å²) in [5.74, 6) is -2.08. The fourth-order valence-corrected chi connectivity index (χ4v) is 1.11. The van der Waals surface area contributed by atoms with E-state index < -0.39 is 30.3 Å². The van der Waals surface area contributed by atoms with E-state index in [1.165, 1.54) is 6.92 Å². The van der Waals surface area contributed by atoms with Gasteiger partial charge in [0.2, 0.25) is 0 Å². The van der Waals surface area contributed by atoms with Crippen LogP contribution < -0.4 is 5.32 Å². The number of hydrogen-bond acceptors (Lipinski definition) is 3. The van der Waals surface area contributed by atoms with E-state index >= 15 is 0 Å². The van der Waals surface area contributed by atoms with Crippen LogP contribution in [-0.2, 0) is 9.53 Å². The Balaban J connectivity index is 2.62. The molecule has 4 nitrogen and oxygen atoms in total. The molecule has 0 aromatic heterocycles. The van der Waals surface area contributed by atoms with E-state index in [4.69, 9.17) is 4.74 Å². The van der Waals surface area contributed by atoms with E-state index in [9.17, 15) is 23.1 Å². The number of aliphatic hydroxyl groups is 1. The lowest BCUT2D eigenvalue weighted by atomic mass is 10.0. The van der Waals surface area contributed by atoms with Gasteiger partial charge in [0, 0.05) is 0 Å². The summed E-state index contributed by atoms with van der Waals surface area (Å²) in [6.07, 6.45) is -4.49. The van der Waals surface area contributed by atoms with Gasteiger partial charge in [-0.1, -0.05) is 0 Å². The van der Waals surface area contributed by atoms with Crippen molar-refractivity contribution in [2.75, 3.05) is 0 Å². The summed E-state index contributed by atoms with van der Waals surface area (Å²) in [6, 6.07) is -1.08. The molecule has 1 heterocycles. The molecular formula is C8H10F3NO3. The highest BCUT2D eigenvalue weighted by atomic mass is 19.4. The number of carbonyl (C=O) groups excluding carboxylic acids is 1. The van der Waals surface area contributed by atoms with Gasteiger partial charge in [-0.2, -0.15) is 13.2 Å². The molecule has 86 valence electrons. The number of nitrogens with one attached hydrogen (secondary N) is 1. The van der Waals surface area contributed by atoms with Crippen LogP contribution in [0.5, 0.6) is 0 Å². The first-order valence-corrected chi connectivity index (χ1v) is 4.20. The zero-order valence-corrected chi connectivity index (χ0v) is 7.78. The molecule has 0 spiro atoms. The van der Waals surface area contributed by atoms with Crippen LogP contribution >= 0.6 is 0 Å². The lowest BCUT2D eigenvalue weighted by molar-refractivity contribution is -0.175. The van der Waals surface area contributed by atoms with Crippen LogP contribution in [0.3, 0.4) is 0 Å². The predicted molar refractivity (Wildman–Crippen MR) is 43.7 cm³/mol. The number of halogens is 3. The van der Waals surface area contributed by atoms with E-state index in [1.54, 1.807) is 5.32 Å². The van der Waals surface area contributed by atoms with Crippen molar-refractivity contribution in [1.82, 2.24) is 5.32 Å². The largest absolute Gasteiger partial charge is 0.496 e. The van der Waals surface area contributed by atoms with Crippen molar-refractivity contribution in [3.8, 4) is 0 Å². The van der Waals surface area contributed by atoms with Gasteiger partial charge < -0.3 is 15.2 Å². The van der Waals surface area contributed by atoms with E-state index in [0.717, 1.165) is 12.3 Å². The van der Waals surface area contributed by atoms with Gasteiger partial charge in [-0.05, 0) is 13.0 Å². The highest BCUT2D eigenvalue weighted by Gasteiger charge is 2.41. The van der Waals surface area contributed by atoms with Crippen LogP contribution in [0.1, 0.15) is 6.92 Å². The Morgan fingerprint density at radius 1 is 1.53 bits per heavy atom. The average Bonchev–Trinajstić information content (AvgIpc) is 2.11. The van der Waals surface area contributed by atoms with Crippen LogP contribution in [0.2, 0.25) is 0 Å². The van der Waals surface area contributed by atoms with Gasteiger partial charge in [0.1, 0.15) is 12.2 Å².